The molecule has 0 fully saturated rings. The summed E-state index contributed by atoms with van der Waals surface area (Å²) < 4.78 is 7.33. The number of nitrogens with one attached hydrogen (secondary N) is 1. The summed E-state index contributed by atoms with van der Waals surface area (Å²) in [4.78, 5) is 12.5. The number of carbonyl (C=O) groups is 1. The van der Waals surface area contributed by atoms with Gasteiger partial charge in [0.05, 0.1) is 12.8 Å². The number of ether oxygens (including phenoxy) is 1. The third kappa shape index (κ3) is 3.06. The number of carbonyl (C=O) groups excluding carboxylic acids is 1. The highest BCUT2D eigenvalue weighted by atomic mass is 16.5. The van der Waals surface area contributed by atoms with Crippen LogP contribution in [0.2, 0.25) is 0 Å². The van der Waals surface area contributed by atoms with E-state index in [1.54, 1.807) is 7.11 Å². The van der Waals surface area contributed by atoms with E-state index in [4.69, 9.17) is 4.74 Å². The molecule has 0 saturated carbocycles. The molecule has 0 bridgehead atoms. The predicted octanol–water partition coefficient (Wildman–Crippen LogP) is 3.91. The lowest BCUT2D eigenvalue weighted by molar-refractivity contribution is -0.116. The minimum absolute atomic E-state index is 0.0710. The molecule has 1 N–H and O–H groups in total. The molecule has 0 atom stereocenters. The summed E-state index contributed by atoms with van der Waals surface area (Å²) in [7, 11) is 1.60. The van der Waals surface area contributed by atoms with E-state index in [9.17, 15) is 4.79 Å². The Kier molecular flexibility index (Phi) is 4.06. The fourth-order valence-electron chi connectivity index (χ4n) is 2.81. The minimum Gasteiger partial charge on any atom is -0.495 e. The molecule has 2 aromatic carbocycles. The maximum absolute atomic E-state index is 12.5. The van der Waals surface area contributed by atoms with Gasteiger partial charge < -0.3 is 14.6 Å². The molecular formula is C19H20N2O2. The zero-order valence-corrected chi connectivity index (χ0v) is 13.6. The van der Waals surface area contributed by atoms with E-state index < -0.39 is 0 Å². The molecule has 0 unspecified atom stereocenters. The molecular weight excluding hydrogens is 288 g/mol. The standard InChI is InChI=1S/C19H20N2O2/c1-13-8-9-18(23-3)16(10-13)20-19(22)12-21-14(2)11-15-6-4-5-7-17(15)21/h4-11H,12H2,1-3H3,(H,20,22). The monoisotopic (exact) mass is 308 g/mol. The molecule has 23 heavy (non-hydrogen) atoms. The Balaban J connectivity index is 1.84. The van der Waals surface area contributed by atoms with Gasteiger partial charge in [-0.3, -0.25) is 4.79 Å². The van der Waals surface area contributed by atoms with Crippen LogP contribution in [0, 0.1) is 13.8 Å². The minimum atomic E-state index is -0.0710. The van der Waals surface area contributed by atoms with E-state index >= 15 is 0 Å². The summed E-state index contributed by atoms with van der Waals surface area (Å²) >= 11 is 0. The normalized spacial score (nSPS) is 10.7. The number of amides is 1. The van der Waals surface area contributed by atoms with Gasteiger partial charge >= 0.3 is 0 Å². The lowest BCUT2D eigenvalue weighted by Gasteiger charge is -2.12. The van der Waals surface area contributed by atoms with Gasteiger partial charge in [0.2, 0.25) is 5.91 Å². The summed E-state index contributed by atoms with van der Waals surface area (Å²) in [6, 6.07) is 15.9. The molecule has 3 rings (SSSR count). The van der Waals surface area contributed by atoms with E-state index in [-0.39, 0.29) is 12.5 Å². The van der Waals surface area contributed by atoms with Crippen LogP contribution in [0.4, 0.5) is 5.69 Å². The zero-order valence-electron chi connectivity index (χ0n) is 13.6. The number of aromatic nitrogens is 1. The van der Waals surface area contributed by atoms with Gasteiger partial charge in [0.25, 0.3) is 0 Å². The van der Waals surface area contributed by atoms with Crippen LogP contribution in [0.3, 0.4) is 0 Å². The number of benzene rings is 2. The molecule has 3 aromatic rings. The van der Waals surface area contributed by atoms with Crippen LogP contribution >= 0.6 is 0 Å². The van der Waals surface area contributed by atoms with Crippen molar-refractivity contribution in [2.24, 2.45) is 0 Å². The number of rotatable bonds is 4. The van der Waals surface area contributed by atoms with Crippen molar-refractivity contribution >= 4 is 22.5 Å². The summed E-state index contributed by atoms with van der Waals surface area (Å²) in [6.07, 6.45) is 0. The third-order valence-corrected chi connectivity index (χ3v) is 3.95. The average Bonchev–Trinajstić information content (AvgIpc) is 2.83. The first-order valence-electron chi connectivity index (χ1n) is 7.58. The Bertz CT molecular complexity index is 865. The molecule has 1 aromatic heterocycles. The molecule has 0 saturated heterocycles. The number of aryl methyl sites for hydroxylation is 2. The highest BCUT2D eigenvalue weighted by molar-refractivity contribution is 5.93. The van der Waals surface area contributed by atoms with E-state index in [2.05, 4.69) is 17.4 Å². The molecule has 1 heterocycles. The maximum Gasteiger partial charge on any atom is 0.244 e. The van der Waals surface area contributed by atoms with Crippen LogP contribution in [0.5, 0.6) is 5.75 Å². The van der Waals surface area contributed by atoms with Crippen LogP contribution in [0.15, 0.2) is 48.5 Å². The fourth-order valence-corrected chi connectivity index (χ4v) is 2.81. The summed E-state index contributed by atoms with van der Waals surface area (Å²) in [5.41, 5.74) is 3.91. The zero-order chi connectivity index (χ0) is 16.4. The fraction of sp³-hybridized carbons (Fsp3) is 0.211. The van der Waals surface area contributed by atoms with E-state index in [1.165, 1.54) is 0 Å². The van der Waals surface area contributed by atoms with E-state index in [0.29, 0.717) is 11.4 Å². The lowest BCUT2D eigenvalue weighted by Crippen LogP contribution is -2.19. The number of methoxy groups -OCH3 is 1. The molecule has 0 aliphatic rings. The number of para-hydroxylation sites is 1. The van der Waals surface area contributed by atoms with Gasteiger partial charge in [0.1, 0.15) is 12.3 Å². The van der Waals surface area contributed by atoms with Crippen molar-refractivity contribution in [1.82, 2.24) is 4.57 Å². The van der Waals surface area contributed by atoms with Crippen molar-refractivity contribution in [2.75, 3.05) is 12.4 Å². The van der Waals surface area contributed by atoms with E-state index in [0.717, 1.165) is 22.2 Å². The predicted molar refractivity (Wildman–Crippen MR) is 93.0 cm³/mol. The van der Waals surface area contributed by atoms with Crippen LogP contribution in [-0.2, 0) is 11.3 Å². The molecule has 0 spiro atoms. The Labute approximate surface area is 135 Å². The first kappa shape index (κ1) is 15.2. The van der Waals surface area contributed by atoms with Crippen molar-refractivity contribution in [1.29, 1.82) is 0 Å². The number of nitrogens with zero attached hydrogens (tertiary/aromatic N) is 1. The smallest absolute Gasteiger partial charge is 0.244 e. The van der Waals surface area contributed by atoms with Crippen molar-refractivity contribution in [3.05, 3.63) is 59.8 Å². The maximum atomic E-state index is 12.5. The number of hydrogen-bond donors (Lipinski definition) is 1. The first-order chi connectivity index (χ1) is 11.1. The van der Waals surface area contributed by atoms with Gasteiger partial charge in [-0.2, -0.15) is 0 Å². The van der Waals surface area contributed by atoms with Crippen LogP contribution in [0.25, 0.3) is 10.9 Å². The Morgan fingerprint density at radius 2 is 1.91 bits per heavy atom. The molecule has 1 amide bonds. The Hall–Kier alpha value is -2.75. The average molecular weight is 308 g/mol. The topological polar surface area (TPSA) is 43.3 Å². The second kappa shape index (κ2) is 6.16. The third-order valence-electron chi connectivity index (χ3n) is 3.95. The van der Waals surface area contributed by atoms with Crippen molar-refractivity contribution < 1.29 is 9.53 Å². The number of anilines is 1. The molecule has 4 nitrogen and oxygen atoms in total. The van der Waals surface area contributed by atoms with Crippen molar-refractivity contribution in [2.45, 2.75) is 20.4 Å². The second-order valence-electron chi connectivity index (χ2n) is 5.68. The summed E-state index contributed by atoms with van der Waals surface area (Å²) in [5.74, 6) is 0.594. The number of fused-ring (bicyclic) bond motifs is 1. The first-order valence-corrected chi connectivity index (χ1v) is 7.58. The molecule has 118 valence electrons. The van der Waals surface area contributed by atoms with E-state index in [1.807, 2.05) is 54.8 Å². The molecule has 0 aliphatic carbocycles. The molecule has 0 aliphatic heterocycles. The molecule has 0 radical (unpaired) electrons. The van der Waals surface area contributed by atoms with Crippen LogP contribution < -0.4 is 10.1 Å². The second-order valence-corrected chi connectivity index (χ2v) is 5.68. The van der Waals surface area contributed by atoms with Crippen LogP contribution in [0.1, 0.15) is 11.3 Å². The van der Waals surface area contributed by atoms with Gasteiger partial charge in [-0.25, -0.2) is 0 Å². The lowest BCUT2D eigenvalue weighted by atomic mass is 10.2. The van der Waals surface area contributed by atoms with Gasteiger partial charge in [0.15, 0.2) is 0 Å². The molecule has 4 heteroatoms. The Morgan fingerprint density at radius 1 is 1.13 bits per heavy atom. The highest BCUT2D eigenvalue weighted by Gasteiger charge is 2.11. The van der Waals surface area contributed by atoms with Crippen molar-refractivity contribution in [3.63, 3.8) is 0 Å². The van der Waals surface area contributed by atoms with Crippen LogP contribution in [-0.4, -0.2) is 17.6 Å². The number of hydrogen-bond acceptors (Lipinski definition) is 2. The largest absolute Gasteiger partial charge is 0.495 e. The van der Waals surface area contributed by atoms with Gasteiger partial charge in [-0.15, -0.1) is 0 Å². The Morgan fingerprint density at radius 3 is 2.70 bits per heavy atom. The van der Waals surface area contributed by atoms with Crippen molar-refractivity contribution in [3.8, 4) is 5.75 Å². The summed E-state index contributed by atoms with van der Waals surface area (Å²) in [6.45, 7) is 4.27. The highest BCUT2D eigenvalue weighted by Crippen LogP contribution is 2.25. The SMILES string of the molecule is COc1ccc(C)cc1NC(=O)Cn1c(C)cc2ccccc21. The van der Waals surface area contributed by atoms with Gasteiger partial charge in [-0.1, -0.05) is 24.3 Å². The van der Waals surface area contributed by atoms with Gasteiger partial charge in [0, 0.05) is 11.2 Å². The quantitative estimate of drug-likeness (QED) is 0.794. The summed E-state index contributed by atoms with van der Waals surface area (Å²) in [5, 5.41) is 4.09. The van der Waals surface area contributed by atoms with Gasteiger partial charge in [-0.05, 0) is 49.1 Å².